The SMILES string of the molecule is O=c1[nH]cccc1OC(N1CCOCC1)=[N+]1CCCC1. The summed E-state index contributed by atoms with van der Waals surface area (Å²) in [6.45, 7) is 4.97. The molecule has 20 heavy (non-hydrogen) atoms. The third-order valence-electron chi connectivity index (χ3n) is 3.64. The van der Waals surface area contributed by atoms with E-state index in [-0.39, 0.29) is 5.56 Å². The maximum atomic E-state index is 11.8. The molecule has 0 radical (unpaired) electrons. The average Bonchev–Trinajstić information content (AvgIpc) is 3.01. The van der Waals surface area contributed by atoms with Crippen LogP contribution in [0.1, 0.15) is 12.8 Å². The molecule has 1 aromatic heterocycles. The van der Waals surface area contributed by atoms with E-state index in [4.69, 9.17) is 9.47 Å². The molecule has 2 aliphatic heterocycles. The fraction of sp³-hybridized carbons (Fsp3) is 0.571. The maximum Gasteiger partial charge on any atom is 0.452 e. The van der Waals surface area contributed by atoms with Crippen molar-refractivity contribution in [2.75, 3.05) is 39.4 Å². The van der Waals surface area contributed by atoms with Gasteiger partial charge in [0.15, 0.2) is 5.75 Å². The van der Waals surface area contributed by atoms with E-state index in [0.29, 0.717) is 19.0 Å². The number of rotatable bonds is 1. The van der Waals surface area contributed by atoms with E-state index in [1.165, 1.54) is 12.8 Å². The molecule has 0 spiro atoms. The van der Waals surface area contributed by atoms with Gasteiger partial charge >= 0.3 is 6.02 Å². The number of aromatic amines is 1. The smallest absolute Gasteiger partial charge is 0.386 e. The molecular weight excluding hydrogens is 258 g/mol. The van der Waals surface area contributed by atoms with Gasteiger partial charge < -0.3 is 14.5 Å². The van der Waals surface area contributed by atoms with Crippen molar-refractivity contribution in [3.8, 4) is 5.75 Å². The Morgan fingerprint density at radius 2 is 2.05 bits per heavy atom. The number of amidine groups is 1. The van der Waals surface area contributed by atoms with Gasteiger partial charge in [-0.2, -0.15) is 0 Å². The number of pyridine rings is 1. The van der Waals surface area contributed by atoms with Crippen LogP contribution in [-0.2, 0) is 4.74 Å². The first kappa shape index (κ1) is 13.2. The van der Waals surface area contributed by atoms with E-state index in [2.05, 4.69) is 14.5 Å². The van der Waals surface area contributed by atoms with Gasteiger partial charge in [-0.3, -0.25) is 4.79 Å². The van der Waals surface area contributed by atoms with E-state index in [1.54, 1.807) is 18.3 Å². The lowest BCUT2D eigenvalue weighted by molar-refractivity contribution is -0.519. The average molecular weight is 278 g/mol. The summed E-state index contributed by atoms with van der Waals surface area (Å²) in [6, 6.07) is 4.27. The van der Waals surface area contributed by atoms with Crippen molar-refractivity contribution in [1.82, 2.24) is 9.88 Å². The summed E-state index contributed by atoms with van der Waals surface area (Å²) in [5.41, 5.74) is -0.197. The fourth-order valence-electron chi connectivity index (χ4n) is 2.58. The van der Waals surface area contributed by atoms with Crippen molar-refractivity contribution in [2.45, 2.75) is 12.8 Å². The minimum absolute atomic E-state index is 0.197. The van der Waals surface area contributed by atoms with Crippen LogP contribution in [0.5, 0.6) is 5.75 Å². The van der Waals surface area contributed by atoms with Crippen molar-refractivity contribution in [3.05, 3.63) is 28.7 Å². The molecule has 0 aliphatic carbocycles. The highest BCUT2D eigenvalue weighted by atomic mass is 16.5. The fourth-order valence-corrected chi connectivity index (χ4v) is 2.58. The number of hydrogen-bond acceptors (Lipinski definition) is 3. The lowest BCUT2D eigenvalue weighted by atomic mass is 10.4. The molecule has 2 aliphatic rings. The predicted molar refractivity (Wildman–Crippen MR) is 74.3 cm³/mol. The van der Waals surface area contributed by atoms with Gasteiger partial charge in [0.25, 0.3) is 5.56 Å². The van der Waals surface area contributed by atoms with Crippen LogP contribution in [0.2, 0.25) is 0 Å². The van der Waals surface area contributed by atoms with E-state index < -0.39 is 0 Å². The summed E-state index contributed by atoms with van der Waals surface area (Å²) in [6.07, 6.45) is 3.95. The van der Waals surface area contributed by atoms with Crippen LogP contribution in [0, 0.1) is 0 Å². The first-order valence-electron chi connectivity index (χ1n) is 7.15. The molecule has 3 heterocycles. The van der Waals surface area contributed by atoms with Crippen LogP contribution in [0.4, 0.5) is 0 Å². The van der Waals surface area contributed by atoms with Gasteiger partial charge in [0.2, 0.25) is 0 Å². The Labute approximate surface area is 117 Å². The maximum absolute atomic E-state index is 11.8. The summed E-state index contributed by atoms with van der Waals surface area (Å²) < 4.78 is 13.5. The number of hydrogen-bond donors (Lipinski definition) is 1. The Morgan fingerprint density at radius 3 is 2.75 bits per heavy atom. The zero-order valence-corrected chi connectivity index (χ0v) is 11.5. The minimum atomic E-state index is -0.197. The van der Waals surface area contributed by atoms with Gasteiger partial charge in [0.1, 0.15) is 13.1 Å². The molecular formula is C14H20N3O3+. The molecule has 108 valence electrons. The topological polar surface area (TPSA) is 57.6 Å². The number of nitrogens with one attached hydrogen (secondary N) is 1. The molecule has 6 nitrogen and oxygen atoms in total. The third-order valence-corrected chi connectivity index (χ3v) is 3.64. The highest BCUT2D eigenvalue weighted by molar-refractivity contribution is 5.71. The molecule has 2 saturated heterocycles. The minimum Gasteiger partial charge on any atom is -0.386 e. The second-order valence-electron chi connectivity index (χ2n) is 5.04. The predicted octanol–water partition coefficient (Wildman–Crippen LogP) is 0.248. The number of nitrogens with zero attached hydrogens (tertiary/aromatic N) is 2. The van der Waals surface area contributed by atoms with E-state index in [1.807, 2.05) is 0 Å². The monoisotopic (exact) mass is 278 g/mol. The van der Waals surface area contributed by atoms with Gasteiger partial charge in [-0.15, -0.1) is 0 Å². The molecule has 3 rings (SSSR count). The number of ether oxygens (including phenoxy) is 2. The Balaban J connectivity index is 1.88. The first-order valence-corrected chi connectivity index (χ1v) is 7.15. The van der Waals surface area contributed by atoms with Crippen molar-refractivity contribution in [1.29, 1.82) is 0 Å². The highest BCUT2D eigenvalue weighted by Crippen LogP contribution is 2.10. The summed E-state index contributed by atoms with van der Waals surface area (Å²) in [5.74, 6) is 0.348. The molecule has 0 amide bonds. The van der Waals surface area contributed by atoms with Gasteiger partial charge in [-0.05, 0) is 25.0 Å². The zero-order chi connectivity index (χ0) is 13.8. The second kappa shape index (κ2) is 6.09. The lowest BCUT2D eigenvalue weighted by Crippen LogP contribution is -2.47. The molecule has 0 bridgehead atoms. The van der Waals surface area contributed by atoms with Gasteiger partial charge in [0, 0.05) is 6.20 Å². The summed E-state index contributed by atoms with van der Waals surface area (Å²) in [7, 11) is 0. The van der Waals surface area contributed by atoms with Gasteiger partial charge in [-0.25, -0.2) is 9.48 Å². The summed E-state index contributed by atoms with van der Waals surface area (Å²) >= 11 is 0. The van der Waals surface area contributed by atoms with Crippen LogP contribution < -0.4 is 10.3 Å². The van der Waals surface area contributed by atoms with E-state index in [9.17, 15) is 4.79 Å². The van der Waals surface area contributed by atoms with Gasteiger partial charge in [0.05, 0.1) is 26.3 Å². The largest absolute Gasteiger partial charge is 0.452 e. The zero-order valence-electron chi connectivity index (χ0n) is 11.5. The Bertz CT molecular complexity index is 539. The van der Waals surface area contributed by atoms with Crippen LogP contribution in [0.25, 0.3) is 0 Å². The van der Waals surface area contributed by atoms with Crippen LogP contribution in [0.15, 0.2) is 23.1 Å². The van der Waals surface area contributed by atoms with Gasteiger partial charge in [-0.1, -0.05) is 0 Å². The van der Waals surface area contributed by atoms with Crippen molar-refractivity contribution in [2.24, 2.45) is 0 Å². The Morgan fingerprint density at radius 1 is 1.30 bits per heavy atom. The van der Waals surface area contributed by atoms with E-state index >= 15 is 0 Å². The quantitative estimate of drug-likeness (QED) is 0.591. The Hall–Kier alpha value is -1.82. The van der Waals surface area contributed by atoms with E-state index in [0.717, 1.165) is 32.2 Å². The molecule has 0 atom stereocenters. The lowest BCUT2D eigenvalue weighted by Gasteiger charge is -2.23. The number of aromatic nitrogens is 1. The third kappa shape index (κ3) is 2.85. The second-order valence-corrected chi connectivity index (χ2v) is 5.04. The molecule has 0 unspecified atom stereocenters. The molecule has 0 aromatic carbocycles. The number of morpholine rings is 1. The summed E-state index contributed by atoms with van der Waals surface area (Å²) in [5, 5.41) is 0. The molecule has 1 aromatic rings. The molecule has 0 saturated carbocycles. The normalized spacial score (nSPS) is 19.2. The first-order chi connectivity index (χ1) is 9.84. The van der Waals surface area contributed by atoms with Crippen molar-refractivity contribution in [3.63, 3.8) is 0 Å². The molecule has 1 N–H and O–H groups in total. The number of H-pyrrole nitrogens is 1. The van der Waals surface area contributed by atoms with Crippen LogP contribution >= 0.6 is 0 Å². The standard InChI is InChI=1S/C14H19N3O3/c18-13-12(4-3-5-15-13)20-14(16-6-1-2-7-16)17-8-10-19-11-9-17/h3-5H,1-2,6-11H2/p+1. The Kier molecular flexibility index (Phi) is 4.01. The van der Waals surface area contributed by atoms with Crippen LogP contribution in [0.3, 0.4) is 0 Å². The highest BCUT2D eigenvalue weighted by Gasteiger charge is 2.30. The molecule has 2 fully saturated rings. The van der Waals surface area contributed by atoms with Crippen molar-refractivity contribution >= 4 is 6.02 Å². The van der Waals surface area contributed by atoms with Crippen LogP contribution in [-0.4, -0.2) is 59.9 Å². The molecule has 6 heteroatoms. The summed E-state index contributed by atoms with van der Waals surface area (Å²) in [4.78, 5) is 16.6. The van der Waals surface area contributed by atoms with Crippen molar-refractivity contribution < 1.29 is 14.0 Å².